The van der Waals surface area contributed by atoms with Crippen molar-refractivity contribution in [3.63, 3.8) is 0 Å². The predicted molar refractivity (Wildman–Crippen MR) is 90.5 cm³/mol. The number of hydrogen-bond donors (Lipinski definition) is 2. The van der Waals surface area contributed by atoms with Crippen molar-refractivity contribution in [1.82, 2.24) is 20.4 Å². The van der Waals surface area contributed by atoms with E-state index in [1.54, 1.807) is 18.3 Å². The second-order valence-electron chi connectivity index (χ2n) is 5.12. The lowest BCUT2D eigenvalue weighted by Gasteiger charge is -2.36. The number of hydrogen-bond acceptors (Lipinski definition) is 3. The Morgan fingerprint density at radius 1 is 1.35 bits per heavy atom. The summed E-state index contributed by atoms with van der Waals surface area (Å²) in [7, 11) is 0. The van der Waals surface area contributed by atoms with Crippen LogP contribution in [0.2, 0.25) is 0 Å². The smallest absolute Gasteiger partial charge is 0.229 e. The molecule has 1 amide bonds. The van der Waals surface area contributed by atoms with Crippen LogP contribution in [-0.2, 0) is 11.2 Å². The van der Waals surface area contributed by atoms with E-state index in [9.17, 15) is 9.18 Å². The number of rotatable bonds is 3. The maximum atomic E-state index is 13.4. The molecule has 1 aliphatic rings. The predicted octanol–water partition coefficient (Wildman–Crippen LogP) is 2.11. The Morgan fingerprint density at radius 2 is 2.17 bits per heavy atom. The van der Waals surface area contributed by atoms with Gasteiger partial charge in [0.25, 0.3) is 0 Å². The van der Waals surface area contributed by atoms with Gasteiger partial charge in [-0.25, -0.2) is 4.39 Å². The van der Waals surface area contributed by atoms with Crippen molar-refractivity contribution in [2.75, 3.05) is 19.6 Å². The zero-order chi connectivity index (χ0) is 14.7. The van der Waals surface area contributed by atoms with E-state index < -0.39 is 0 Å². The number of carbonyl (C=O) groups is 1. The molecule has 0 saturated carbocycles. The zero-order valence-electron chi connectivity index (χ0n) is 12.4. The van der Waals surface area contributed by atoms with Crippen molar-refractivity contribution in [2.45, 2.75) is 12.5 Å². The Bertz CT molecular complexity index is 624. The minimum absolute atomic E-state index is 0. The van der Waals surface area contributed by atoms with E-state index in [2.05, 4.69) is 15.5 Å². The fourth-order valence-corrected chi connectivity index (χ4v) is 2.66. The second kappa shape index (κ2) is 8.86. The average Bonchev–Trinajstić information content (AvgIpc) is 3.00. The minimum Gasteiger partial charge on any atom is -0.333 e. The van der Waals surface area contributed by atoms with Gasteiger partial charge in [-0.05, 0) is 23.8 Å². The summed E-state index contributed by atoms with van der Waals surface area (Å²) in [5, 5.41) is 9.91. The molecule has 5 nitrogen and oxygen atoms in total. The molecule has 1 atom stereocenters. The molecule has 0 bridgehead atoms. The van der Waals surface area contributed by atoms with Gasteiger partial charge in [-0.3, -0.25) is 9.89 Å². The normalized spacial score (nSPS) is 17.1. The molecule has 0 aliphatic carbocycles. The summed E-state index contributed by atoms with van der Waals surface area (Å²) < 4.78 is 13.4. The molecule has 1 saturated heterocycles. The summed E-state index contributed by atoms with van der Waals surface area (Å²) >= 11 is 0. The standard InChI is InChI=1S/C15H17FN4O.2ClH/c16-12-3-1-2-11(8-12)14-10-17-6-7-20(14)15(21)9-13-4-5-18-19-13;;/h1-5,8,14,17H,6-7,9-10H2,(H,18,19);2*1H. The number of piperazine rings is 1. The van der Waals surface area contributed by atoms with Gasteiger partial charge < -0.3 is 10.2 Å². The van der Waals surface area contributed by atoms with E-state index >= 15 is 0 Å². The monoisotopic (exact) mass is 360 g/mol. The van der Waals surface area contributed by atoms with Gasteiger partial charge >= 0.3 is 0 Å². The van der Waals surface area contributed by atoms with Crippen molar-refractivity contribution >= 4 is 30.7 Å². The zero-order valence-corrected chi connectivity index (χ0v) is 14.0. The highest BCUT2D eigenvalue weighted by Gasteiger charge is 2.28. The molecular weight excluding hydrogens is 342 g/mol. The molecule has 1 unspecified atom stereocenters. The van der Waals surface area contributed by atoms with E-state index in [0.717, 1.165) is 17.8 Å². The molecule has 23 heavy (non-hydrogen) atoms. The highest BCUT2D eigenvalue weighted by molar-refractivity contribution is 5.85. The molecule has 2 heterocycles. The molecule has 1 aromatic carbocycles. The van der Waals surface area contributed by atoms with Gasteiger partial charge in [0.2, 0.25) is 5.91 Å². The summed E-state index contributed by atoms with van der Waals surface area (Å²) in [5.74, 6) is -0.256. The van der Waals surface area contributed by atoms with Crippen molar-refractivity contribution < 1.29 is 9.18 Å². The highest BCUT2D eigenvalue weighted by atomic mass is 35.5. The lowest BCUT2D eigenvalue weighted by Crippen LogP contribution is -2.49. The van der Waals surface area contributed by atoms with Crippen LogP contribution in [0.5, 0.6) is 0 Å². The van der Waals surface area contributed by atoms with Crippen LogP contribution in [0.3, 0.4) is 0 Å². The number of carbonyl (C=O) groups excluding carboxylic acids is 1. The molecular formula is C15H19Cl2FN4O. The first-order valence-electron chi connectivity index (χ1n) is 6.98. The molecule has 1 aliphatic heterocycles. The van der Waals surface area contributed by atoms with Gasteiger partial charge in [-0.15, -0.1) is 24.8 Å². The fourth-order valence-electron chi connectivity index (χ4n) is 2.66. The van der Waals surface area contributed by atoms with Crippen LogP contribution in [0, 0.1) is 5.82 Å². The van der Waals surface area contributed by atoms with Crippen molar-refractivity contribution in [1.29, 1.82) is 0 Å². The van der Waals surface area contributed by atoms with Gasteiger partial charge in [0.1, 0.15) is 5.82 Å². The van der Waals surface area contributed by atoms with Crippen LogP contribution in [0.15, 0.2) is 36.5 Å². The summed E-state index contributed by atoms with van der Waals surface area (Å²) in [6.45, 7) is 2.01. The Labute approximate surface area is 146 Å². The number of nitrogens with zero attached hydrogens (tertiary/aromatic N) is 2. The van der Waals surface area contributed by atoms with E-state index in [1.807, 2.05) is 11.0 Å². The Hall–Kier alpha value is -1.63. The van der Waals surface area contributed by atoms with Crippen LogP contribution in [0.4, 0.5) is 4.39 Å². The average molecular weight is 361 g/mol. The van der Waals surface area contributed by atoms with Gasteiger partial charge in [0, 0.05) is 31.5 Å². The highest BCUT2D eigenvalue weighted by Crippen LogP contribution is 2.23. The second-order valence-corrected chi connectivity index (χ2v) is 5.12. The molecule has 126 valence electrons. The van der Waals surface area contributed by atoms with Crippen LogP contribution in [0.25, 0.3) is 0 Å². The number of aromatic amines is 1. The number of halogens is 3. The third-order valence-electron chi connectivity index (χ3n) is 3.70. The number of H-pyrrole nitrogens is 1. The SMILES string of the molecule is Cl.Cl.O=C(Cc1ccn[nH]1)N1CCNCC1c1cccc(F)c1. The molecule has 1 aromatic heterocycles. The van der Waals surface area contributed by atoms with Crippen LogP contribution in [0.1, 0.15) is 17.3 Å². The summed E-state index contributed by atoms with van der Waals surface area (Å²) in [6, 6.07) is 8.10. The van der Waals surface area contributed by atoms with Gasteiger partial charge in [-0.1, -0.05) is 12.1 Å². The maximum Gasteiger partial charge on any atom is 0.229 e. The lowest BCUT2D eigenvalue weighted by atomic mass is 10.0. The van der Waals surface area contributed by atoms with Crippen LogP contribution >= 0.6 is 24.8 Å². The molecule has 0 radical (unpaired) electrons. The molecule has 3 rings (SSSR count). The fraction of sp³-hybridized carbons (Fsp3) is 0.333. The summed E-state index contributed by atoms with van der Waals surface area (Å²) in [5.41, 5.74) is 1.61. The Balaban J connectivity index is 0.00000132. The largest absolute Gasteiger partial charge is 0.333 e. The molecule has 1 fully saturated rings. The quantitative estimate of drug-likeness (QED) is 0.880. The van der Waals surface area contributed by atoms with E-state index in [-0.39, 0.29) is 49.0 Å². The third-order valence-corrected chi connectivity index (χ3v) is 3.70. The van der Waals surface area contributed by atoms with Gasteiger partial charge in [0.15, 0.2) is 0 Å². The first-order valence-corrected chi connectivity index (χ1v) is 6.98. The topological polar surface area (TPSA) is 61.0 Å². The first kappa shape index (κ1) is 19.4. The van der Waals surface area contributed by atoms with Gasteiger partial charge in [0.05, 0.1) is 12.5 Å². The van der Waals surface area contributed by atoms with Crippen molar-refractivity contribution in [3.05, 3.63) is 53.6 Å². The van der Waals surface area contributed by atoms with E-state index in [4.69, 9.17) is 0 Å². The summed E-state index contributed by atoms with van der Waals surface area (Å²) in [6.07, 6.45) is 1.91. The molecule has 0 spiro atoms. The number of aromatic nitrogens is 2. The van der Waals surface area contributed by atoms with Gasteiger partial charge in [-0.2, -0.15) is 5.10 Å². The number of amides is 1. The van der Waals surface area contributed by atoms with Crippen LogP contribution in [-0.4, -0.2) is 40.6 Å². The third kappa shape index (κ3) is 4.67. The number of benzene rings is 1. The number of nitrogens with one attached hydrogen (secondary N) is 2. The summed E-state index contributed by atoms with van der Waals surface area (Å²) in [4.78, 5) is 14.3. The first-order chi connectivity index (χ1) is 10.2. The lowest BCUT2D eigenvalue weighted by molar-refractivity contribution is -0.133. The van der Waals surface area contributed by atoms with E-state index in [0.29, 0.717) is 13.1 Å². The Kier molecular flexibility index (Phi) is 7.48. The van der Waals surface area contributed by atoms with Crippen molar-refractivity contribution in [3.8, 4) is 0 Å². The van der Waals surface area contributed by atoms with E-state index in [1.165, 1.54) is 12.1 Å². The minimum atomic E-state index is -0.279. The van der Waals surface area contributed by atoms with Crippen molar-refractivity contribution in [2.24, 2.45) is 0 Å². The van der Waals surface area contributed by atoms with Crippen LogP contribution < -0.4 is 5.32 Å². The molecule has 2 N–H and O–H groups in total. The Morgan fingerprint density at radius 3 is 2.87 bits per heavy atom. The maximum absolute atomic E-state index is 13.4. The molecule has 2 aromatic rings. The molecule has 8 heteroatoms.